The van der Waals surface area contributed by atoms with Crippen molar-refractivity contribution in [3.05, 3.63) is 70.3 Å². The van der Waals surface area contributed by atoms with Crippen molar-refractivity contribution in [2.24, 2.45) is 0 Å². The maximum Gasteiger partial charge on any atom is 0.266 e. The smallest absolute Gasteiger partial charge is 0.266 e. The van der Waals surface area contributed by atoms with Crippen LogP contribution in [0.15, 0.2) is 53.3 Å². The zero-order valence-electron chi connectivity index (χ0n) is 21.2. The van der Waals surface area contributed by atoms with Crippen LogP contribution in [-0.4, -0.2) is 26.9 Å². The Labute approximate surface area is 203 Å². The lowest BCUT2D eigenvalue weighted by atomic mass is 10.1. The molecule has 0 aliphatic carbocycles. The molecule has 34 heavy (non-hydrogen) atoms. The minimum Gasteiger partial charge on any atom is -0.333 e. The summed E-state index contributed by atoms with van der Waals surface area (Å²) in [5.41, 5.74) is 2.46. The monoisotopic (exact) mass is 461 g/mol. The molecule has 0 radical (unpaired) electrons. The highest BCUT2D eigenvalue weighted by atomic mass is 16.2. The average molecular weight is 462 g/mol. The highest BCUT2D eigenvalue weighted by molar-refractivity contribution is 5.79. The fourth-order valence-electron chi connectivity index (χ4n) is 4.49. The number of aryl methyl sites for hydroxylation is 1. The molecule has 1 atom stereocenters. The van der Waals surface area contributed by atoms with Gasteiger partial charge in [0.1, 0.15) is 5.82 Å². The molecule has 1 amide bonds. The first-order valence-electron chi connectivity index (χ1n) is 12.9. The zero-order valence-corrected chi connectivity index (χ0v) is 21.2. The van der Waals surface area contributed by atoms with E-state index in [1.165, 1.54) is 25.7 Å². The lowest BCUT2D eigenvalue weighted by Crippen LogP contribution is -2.37. The molecule has 5 heteroatoms. The van der Waals surface area contributed by atoms with Gasteiger partial charge in [-0.1, -0.05) is 75.8 Å². The number of hydrogen-bond acceptors (Lipinski definition) is 3. The third-order valence-corrected chi connectivity index (χ3v) is 6.46. The molecule has 1 aromatic heterocycles. The van der Waals surface area contributed by atoms with E-state index in [-0.39, 0.29) is 17.5 Å². The number of aromatic nitrogens is 2. The Hall–Kier alpha value is -2.95. The van der Waals surface area contributed by atoms with Gasteiger partial charge in [0.15, 0.2) is 0 Å². The van der Waals surface area contributed by atoms with Gasteiger partial charge in [-0.25, -0.2) is 4.98 Å². The van der Waals surface area contributed by atoms with E-state index in [1.54, 1.807) is 4.57 Å². The van der Waals surface area contributed by atoms with Crippen LogP contribution in [0.3, 0.4) is 0 Å². The molecular weight excluding hydrogens is 422 g/mol. The summed E-state index contributed by atoms with van der Waals surface area (Å²) in [6.07, 6.45) is 8.30. The van der Waals surface area contributed by atoms with Gasteiger partial charge in [-0.2, -0.15) is 0 Å². The van der Waals surface area contributed by atoms with Gasteiger partial charge in [0.25, 0.3) is 5.56 Å². The fourth-order valence-corrected chi connectivity index (χ4v) is 4.49. The molecule has 0 aliphatic heterocycles. The number of amides is 1. The van der Waals surface area contributed by atoms with Crippen LogP contribution in [0.2, 0.25) is 0 Å². The second kappa shape index (κ2) is 12.5. The minimum absolute atomic E-state index is 0.101. The topological polar surface area (TPSA) is 55.2 Å². The van der Waals surface area contributed by atoms with Gasteiger partial charge in [-0.05, 0) is 51.0 Å². The summed E-state index contributed by atoms with van der Waals surface area (Å²) in [4.78, 5) is 33.7. The third kappa shape index (κ3) is 6.13. The molecule has 0 bridgehead atoms. The van der Waals surface area contributed by atoms with Crippen molar-refractivity contribution in [1.82, 2.24) is 14.5 Å². The summed E-state index contributed by atoms with van der Waals surface area (Å²) in [6.45, 7) is 8.96. The van der Waals surface area contributed by atoms with Crippen LogP contribution in [-0.2, 0) is 4.79 Å². The predicted molar refractivity (Wildman–Crippen MR) is 140 cm³/mol. The van der Waals surface area contributed by atoms with Gasteiger partial charge in [-0.15, -0.1) is 0 Å². The number of nitrogens with zero attached hydrogens (tertiary/aromatic N) is 3. The second-order valence-electron chi connectivity index (χ2n) is 9.24. The molecule has 0 N–H and O–H groups in total. The molecule has 0 saturated carbocycles. The van der Waals surface area contributed by atoms with Crippen molar-refractivity contribution in [3.63, 3.8) is 0 Å². The van der Waals surface area contributed by atoms with Crippen LogP contribution >= 0.6 is 0 Å². The maximum absolute atomic E-state index is 13.6. The fraction of sp³-hybridized carbons (Fsp3) is 0.483. The number of carbonyl (C=O) groups excluding carboxylic acids is 1. The molecule has 1 unspecified atom stereocenters. The highest BCUT2D eigenvalue weighted by Gasteiger charge is 2.26. The number of fused-ring (bicyclic) bond motifs is 1. The number of benzene rings is 2. The summed E-state index contributed by atoms with van der Waals surface area (Å²) in [7, 11) is 0. The Bertz CT molecular complexity index is 1130. The van der Waals surface area contributed by atoms with Gasteiger partial charge >= 0.3 is 0 Å². The number of rotatable bonds is 12. The molecule has 0 saturated heterocycles. The first-order valence-corrected chi connectivity index (χ1v) is 12.9. The number of para-hydroxylation sites is 1. The van der Waals surface area contributed by atoms with E-state index in [0.717, 1.165) is 30.5 Å². The van der Waals surface area contributed by atoms with Crippen LogP contribution in [0.25, 0.3) is 16.6 Å². The largest absolute Gasteiger partial charge is 0.333 e. The summed E-state index contributed by atoms with van der Waals surface area (Å²) in [5, 5.41) is 0.583. The van der Waals surface area contributed by atoms with Crippen LogP contribution < -0.4 is 5.56 Å². The third-order valence-electron chi connectivity index (χ3n) is 6.46. The first-order chi connectivity index (χ1) is 16.5. The number of carbonyl (C=O) groups is 1. The SMILES string of the molecule is CCCCCCCCC(=O)N(CCC)C(C)c1nc2ccccc2c(=O)n1-c1ccc(C)cc1. The van der Waals surface area contributed by atoms with E-state index in [0.29, 0.717) is 29.7 Å². The van der Waals surface area contributed by atoms with Crippen molar-refractivity contribution in [2.45, 2.75) is 85.1 Å². The first kappa shape index (κ1) is 25.7. The quantitative estimate of drug-likeness (QED) is 0.281. The molecule has 0 fully saturated rings. The van der Waals surface area contributed by atoms with Crippen molar-refractivity contribution < 1.29 is 4.79 Å². The highest BCUT2D eigenvalue weighted by Crippen LogP contribution is 2.24. The van der Waals surface area contributed by atoms with Crippen LogP contribution in [0.4, 0.5) is 0 Å². The van der Waals surface area contributed by atoms with E-state index < -0.39 is 0 Å². The Kier molecular flexibility index (Phi) is 9.43. The Morgan fingerprint density at radius 3 is 2.32 bits per heavy atom. The average Bonchev–Trinajstić information content (AvgIpc) is 2.85. The standard InChI is InChI=1S/C29H39N3O2/c1-5-7-8-9-10-11-16-27(33)31(21-6-2)23(4)28-30-26-15-13-12-14-25(26)29(34)32(28)24-19-17-22(3)18-20-24/h12-15,17-20,23H,5-11,16,21H2,1-4H3. The normalized spacial score (nSPS) is 12.1. The molecule has 3 rings (SSSR count). The van der Waals surface area contributed by atoms with Crippen LogP contribution in [0.5, 0.6) is 0 Å². The zero-order chi connectivity index (χ0) is 24.5. The molecule has 2 aromatic carbocycles. The Morgan fingerprint density at radius 2 is 1.62 bits per heavy atom. The minimum atomic E-state index is -0.314. The van der Waals surface area contributed by atoms with Crippen LogP contribution in [0.1, 0.15) is 89.6 Å². The van der Waals surface area contributed by atoms with Gasteiger partial charge in [0, 0.05) is 13.0 Å². The molecule has 5 nitrogen and oxygen atoms in total. The molecule has 1 heterocycles. The summed E-state index contributed by atoms with van der Waals surface area (Å²) in [5.74, 6) is 0.750. The van der Waals surface area contributed by atoms with Crippen molar-refractivity contribution in [1.29, 1.82) is 0 Å². The number of unbranched alkanes of at least 4 members (excludes halogenated alkanes) is 5. The predicted octanol–water partition coefficient (Wildman–Crippen LogP) is 6.74. The maximum atomic E-state index is 13.6. The van der Waals surface area contributed by atoms with E-state index in [9.17, 15) is 9.59 Å². The summed E-state index contributed by atoms with van der Waals surface area (Å²) in [6, 6.07) is 15.0. The molecule has 3 aromatic rings. The Morgan fingerprint density at radius 1 is 0.941 bits per heavy atom. The van der Waals surface area contributed by atoms with E-state index >= 15 is 0 Å². The van der Waals surface area contributed by atoms with Crippen LogP contribution in [0, 0.1) is 6.92 Å². The Balaban J connectivity index is 1.95. The van der Waals surface area contributed by atoms with Crippen molar-refractivity contribution in [2.75, 3.05) is 6.54 Å². The number of hydrogen-bond donors (Lipinski definition) is 0. The van der Waals surface area contributed by atoms with E-state index in [4.69, 9.17) is 4.98 Å². The van der Waals surface area contributed by atoms with Gasteiger partial charge in [0.2, 0.25) is 5.91 Å². The van der Waals surface area contributed by atoms with Crippen molar-refractivity contribution in [3.8, 4) is 5.69 Å². The molecular formula is C29H39N3O2. The van der Waals surface area contributed by atoms with Gasteiger partial charge in [0.05, 0.1) is 22.6 Å². The molecule has 182 valence electrons. The summed E-state index contributed by atoms with van der Waals surface area (Å²) < 4.78 is 1.69. The van der Waals surface area contributed by atoms with E-state index in [2.05, 4.69) is 13.8 Å². The second-order valence-corrected chi connectivity index (χ2v) is 9.24. The summed E-state index contributed by atoms with van der Waals surface area (Å²) >= 11 is 0. The molecule has 0 aliphatic rings. The van der Waals surface area contributed by atoms with Gasteiger partial charge in [-0.3, -0.25) is 14.2 Å². The molecule has 0 spiro atoms. The van der Waals surface area contributed by atoms with Crippen molar-refractivity contribution >= 4 is 16.8 Å². The van der Waals surface area contributed by atoms with E-state index in [1.807, 2.05) is 67.3 Å². The van der Waals surface area contributed by atoms with Gasteiger partial charge < -0.3 is 4.90 Å². The lowest BCUT2D eigenvalue weighted by Gasteiger charge is -2.30. The lowest BCUT2D eigenvalue weighted by molar-refractivity contribution is -0.133.